The van der Waals surface area contributed by atoms with Crippen molar-refractivity contribution in [2.75, 3.05) is 0 Å². The topological polar surface area (TPSA) is 17.1 Å². The minimum atomic E-state index is 0.224. The molecule has 1 aliphatic carbocycles. The second-order valence-corrected chi connectivity index (χ2v) is 7.70. The van der Waals surface area contributed by atoms with Gasteiger partial charge in [0, 0.05) is 30.7 Å². The summed E-state index contributed by atoms with van der Waals surface area (Å²) in [7, 11) is 0. The summed E-state index contributed by atoms with van der Waals surface area (Å²) in [5, 5.41) is 0. The summed E-state index contributed by atoms with van der Waals surface area (Å²) in [6, 6.07) is 8.37. The van der Waals surface area contributed by atoms with Gasteiger partial charge in [-0.1, -0.05) is 0 Å². The third-order valence-electron chi connectivity index (χ3n) is 3.40. The average molecular weight is 300 g/mol. The van der Waals surface area contributed by atoms with Crippen LogP contribution in [0.15, 0.2) is 35.4 Å². The molecule has 1 nitrogen and oxygen atoms in total. The van der Waals surface area contributed by atoms with Crippen molar-refractivity contribution in [1.82, 2.24) is 0 Å². The van der Waals surface area contributed by atoms with E-state index in [2.05, 4.69) is 50.3 Å². The van der Waals surface area contributed by atoms with Crippen LogP contribution in [0.1, 0.15) is 32.4 Å². The van der Waals surface area contributed by atoms with Crippen molar-refractivity contribution in [3.05, 3.63) is 54.9 Å². The van der Waals surface area contributed by atoms with Crippen LogP contribution in [0.2, 0.25) is 0 Å². The molecule has 0 atom stereocenters. The van der Waals surface area contributed by atoms with E-state index < -0.39 is 0 Å². The molecule has 0 aromatic carbocycles. The van der Waals surface area contributed by atoms with Crippen molar-refractivity contribution in [3.63, 3.8) is 0 Å². The molecule has 2 heterocycles. The van der Waals surface area contributed by atoms with Crippen LogP contribution in [-0.4, -0.2) is 5.78 Å². The predicted octanol–water partition coefficient (Wildman–Crippen LogP) is 5.26. The number of allylic oxidation sites excluding steroid dienone is 2. The number of rotatable bonds is 2. The monoisotopic (exact) mass is 300 g/mol. The Bertz CT molecular complexity index is 653. The van der Waals surface area contributed by atoms with Gasteiger partial charge in [0.2, 0.25) is 0 Å². The Hall–Kier alpha value is -1.45. The third kappa shape index (κ3) is 2.84. The summed E-state index contributed by atoms with van der Waals surface area (Å²) in [6.07, 6.45) is 5.85. The lowest BCUT2D eigenvalue weighted by atomic mass is 10.1. The zero-order valence-corrected chi connectivity index (χ0v) is 13.2. The van der Waals surface area contributed by atoms with Gasteiger partial charge in [0.15, 0.2) is 5.78 Å². The van der Waals surface area contributed by atoms with Crippen LogP contribution in [-0.2, 0) is 4.79 Å². The molecule has 3 heteroatoms. The fourth-order valence-electron chi connectivity index (χ4n) is 2.38. The molecule has 1 saturated carbocycles. The molecule has 0 aliphatic heterocycles. The van der Waals surface area contributed by atoms with E-state index in [-0.39, 0.29) is 5.78 Å². The van der Waals surface area contributed by atoms with Gasteiger partial charge in [-0.15, -0.1) is 22.7 Å². The van der Waals surface area contributed by atoms with Crippen molar-refractivity contribution in [2.24, 2.45) is 0 Å². The maximum absolute atomic E-state index is 12.4. The summed E-state index contributed by atoms with van der Waals surface area (Å²) in [5.74, 6) is 0.224. The standard InChI is InChI=1S/C17H16OS2/c1-11-3-7-15(19-11)9-13-5-6-14(17(13)18)10-16-8-4-12(2)20-16/h3-4,7-10H,5-6H2,1-2H3/b13-9+,14-10+. The highest BCUT2D eigenvalue weighted by Gasteiger charge is 2.23. The molecule has 3 rings (SSSR count). The minimum Gasteiger partial charge on any atom is -0.289 e. The Morgan fingerprint density at radius 2 is 1.30 bits per heavy atom. The van der Waals surface area contributed by atoms with Gasteiger partial charge in [0.1, 0.15) is 0 Å². The molecule has 0 radical (unpaired) electrons. The van der Waals surface area contributed by atoms with Crippen LogP contribution in [0.3, 0.4) is 0 Å². The largest absolute Gasteiger partial charge is 0.289 e. The van der Waals surface area contributed by atoms with Gasteiger partial charge in [-0.05, 0) is 63.1 Å². The lowest BCUT2D eigenvalue weighted by Crippen LogP contribution is -1.94. The molecule has 2 aromatic rings. The first-order valence-electron chi connectivity index (χ1n) is 6.70. The molecule has 1 fully saturated rings. The molecule has 20 heavy (non-hydrogen) atoms. The van der Waals surface area contributed by atoms with Gasteiger partial charge in [-0.2, -0.15) is 0 Å². The predicted molar refractivity (Wildman–Crippen MR) is 88.3 cm³/mol. The van der Waals surface area contributed by atoms with Gasteiger partial charge in [0.05, 0.1) is 0 Å². The first-order chi connectivity index (χ1) is 9.61. The number of Topliss-reactive ketones (excluding diaryl/α,β-unsaturated/α-hetero) is 1. The molecule has 1 aliphatic rings. The second kappa shape index (κ2) is 5.51. The minimum absolute atomic E-state index is 0.224. The summed E-state index contributed by atoms with van der Waals surface area (Å²) in [5.41, 5.74) is 1.90. The lowest BCUT2D eigenvalue weighted by molar-refractivity contribution is -0.111. The molecule has 0 saturated heterocycles. The van der Waals surface area contributed by atoms with Crippen molar-refractivity contribution < 1.29 is 4.79 Å². The van der Waals surface area contributed by atoms with Crippen LogP contribution in [0, 0.1) is 13.8 Å². The Balaban J connectivity index is 1.84. The van der Waals surface area contributed by atoms with E-state index in [1.54, 1.807) is 22.7 Å². The Morgan fingerprint density at radius 1 is 0.850 bits per heavy atom. The van der Waals surface area contributed by atoms with Gasteiger partial charge < -0.3 is 0 Å². The number of carbonyl (C=O) groups excluding carboxylic acids is 1. The third-order valence-corrected chi connectivity index (χ3v) is 5.30. The number of thiophene rings is 2. The van der Waals surface area contributed by atoms with Crippen LogP contribution in [0.25, 0.3) is 12.2 Å². The van der Waals surface area contributed by atoms with E-state index in [1.165, 1.54) is 19.5 Å². The highest BCUT2D eigenvalue weighted by Crippen LogP contribution is 2.31. The fourth-order valence-corrected chi connectivity index (χ4v) is 4.07. The SMILES string of the molecule is Cc1ccc(/C=C2\CC/C(=C\c3ccc(C)s3)C2=O)s1. The first kappa shape index (κ1) is 13.5. The lowest BCUT2D eigenvalue weighted by Gasteiger charge is -1.94. The number of carbonyl (C=O) groups is 1. The van der Waals surface area contributed by atoms with E-state index in [0.29, 0.717) is 0 Å². The summed E-state index contributed by atoms with van der Waals surface area (Å²) in [6.45, 7) is 4.18. The summed E-state index contributed by atoms with van der Waals surface area (Å²) < 4.78 is 0. The average Bonchev–Trinajstić information content (AvgIpc) is 3.08. The van der Waals surface area contributed by atoms with Gasteiger partial charge in [-0.3, -0.25) is 4.79 Å². The Labute approximate surface area is 127 Å². The van der Waals surface area contributed by atoms with Crippen LogP contribution < -0.4 is 0 Å². The summed E-state index contributed by atoms with van der Waals surface area (Å²) >= 11 is 3.48. The smallest absolute Gasteiger partial charge is 0.185 e. The maximum atomic E-state index is 12.4. The number of hydrogen-bond donors (Lipinski definition) is 0. The van der Waals surface area contributed by atoms with E-state index in [9.17, 15) is 4.79 Å². The van der Waals surface area contributed by atoms with Crippen molar-refractivity contribution in [3.8, 4) is 0 Å². The van der Waals surface area contributed by atoms with Gasteiger partial charge in [-0.25, -0.2) is 0 Å². The molecule has 0 N–H and O–H groups in total. The summed E-state index contributed by atoms with van der Waals surface area (Å²) in [4.78, 5) is 17.3. The van der Waals surface area contributed by atoms with E-state index in [4.69, 9.17) is 0 Å². The highest BCUT2D eigenvalue weighted by atomic mass is 32.1. The number of ketones is 1. The Kier molecular flexibility index (Phi) is 3.72. The molecular formula is C17H16OS2. The van der Waals surface area contributed by atoms with E-state index >= 15 is 0 Å². The van der Waals surface area contributed by atoms with Crippen LogP contribution >= 0.6 is 22.7 Å². The molecule has 0 unspecified atom stereocenters. The number of aryl methyl sites for hydroxylation is 2. The zero-order chi connectivity index (χ0) is 14.1. The van der Waals surface area contributed by atoms with Crippen molar-refractivity contribution in [1.29, 1.82) is 0 Å². The van der Waals surface area contributed by atoms with Crippen molar-refractivity contribution in [2.45, 2.75) is 26.7 Å². The quantitative estimate of drug-likeness (QED) is 0.692. The normalized spacial score (nSPS) is 19.4. The van der Waals surface area contributed by atoms with Gasteiger partial charge in [0.25, 0.3) is 0 Å². The van der Waals surface area contributed by atoms with Crippen LogP contribution in [0.4, 0.5) is 0 Å². The molecular weight excluding hydrogens is 284 g/mol. The second-order valence-electron chi connectivity index (χ2n) is 5.07. The molecule has 102 valence electrons. The first-order valence-corrected chi connectivity index (χ1v) is 8.34. The fraction of sp³-hybridized carbons (Fsp3) is 0.235. The molecule has 2 aromatic heterocycles. The number of hydrogen-bond acceptors (Lipinski definition) is 3. The zero-order valence-electron chi connectivity index (χ0n) is 11.6. The van der Waals surface area contributed by atoms with Crippen molar-refractivity contribution >= 4 is 40.6 Å². The van der Waals surface area contributed by atoms with E-state index in [1.807, 2.05) is 0 Å². The Morgan fingerprint density at radius 3 is 1.65 bits per heavy atom. The molecule has 0 spiro atoms. The molecule has 0 amide bonds. The van der Waals surface area contributed by atoms with Crippen LogP contribution in [0.5, 0.6) is 0 Å². The molecule has 0 bridgehead atoms. The highest BCUT2D eigenvalue weighted by molar-refractivity contribution is 7.13. The van der Waals surface area contributed by atoms with Gasteiger partial charge >= 0.3 is 0 Å². The maximum Gasteiger partial charge on any atom is 0.185 e. The van der Waals surface area contributed by atoms with E-state index in [0.717, 1.165) is 24.0 Å².